The highest BCUT2D eigenvalue weighted by molar-refractivity contribution is 5.78. The molecule has 30 heavy (non-hydrogen) atoms. The molecule has 1 fully saturated rings. The van der Waals surface area contributed by atoms with Gasteiger partial charge in [0, 0.05) is 31.9 Å². The quantitative estimate of drug-likeness (QED) is 0.378. The van der Waals surface area contributed by atoms with Gasteiger partial charge in [-0.25, -0.2) is 9.97 Å². The normalized spacial score (nSPS) is 14.3. The summed E-state index contributed by atoms with van der Waals surface area (Å²) in [4.78, 5) is 24.2. The molecule has 2 aromatic carbocycles. The summed E-state index contributed by atoms with van der Waals surface area (Å²) in [7, 11) is 0. The van der Waals surface area contributed by atoms with Crippen LogP contribution in [0.25, 0.3) is 16.9 Å². The van der Waals surface area contributed by atoms with Crippen LogP contribution in [0, 0.1) is 10.1 Å². The summed E-state index contributed by atoms with van der Waals surface area (Å²) in [6, 6.07) is 17.4. The van der Waals surface area contributed by atoms with Crippen molar-refractivity contribution in [2.45, 2.75) is 0 Å². The van der Waals surface area contributed by atoms with E-state index in [1.165, 1.54) is 11.0 Å². The van der Waals surface area contributed by atoms with Crippen molar-refractivity contribution in [3.63, 3.8) is 0 Å². The van der Waals surface area contributed by atoms with Crippen molar-refractivity contribution in [1.82, 2.24) is 25.0 Å². The summed E-state index contributed by atoms with van der Waals surface area (Å²) in [5.41, 5.74) is 2.27. The molecule has 150 valence electrons. The van der Waals surface area contributed by atoms with Crippen LogP contribution in [-0.2, 0) is 0 Å². The number of para-hydroxylation sites is 2. The van der Waals surface area contributed by atoms with E-state index in [1.54, 1.807) is 12.1 Å². The summed E-state index contributed by atoms with van der Waals surface area (Å²) in [5, 5.41) is 20.2. The molecule has 0 bridgehead atoms. The molecule has 0 radical (unpaired) electrons. The predicted molar refractivity (Wildman–Crippen MR) is 112 cm³/mol. The molecule has 10 heteroatoms. The predicted octanol–water partition coefficient (Wildman–Crippen LogP) is 2.45. The lowest BCUT2D eigenvalue weighted by Gasteiger charge is -2.36. The third-order valence-corrected chi connectivity index (χ3v) is 5.22. The molecule has 0 atom stereocenters. The van der Waals surface area contributed by atoms with Crippen molar-refractivity contribution < 1.29 is 4.92 Å². The Labute approximate surface area is 171 Å². The number of aromatic nitrogens is 5. The number of anilines is 2. The van der Waals surface area contributed by atoms with E-state index >= 15 is 0 Å². The zero-order valence-electron chi connectivity index (χ0n) is 16.0. The minimum Gasteiger partial charge on any atom is -0.368 e. The van der Waals surface area contributed by atoms with Gasteiger partial charge in [0.05, 0.1) is 10.4 Å². The van der Waals surface area contributed by atoms with Crippen LogP contribution < -0.4 is 9.80 Å². The second kappa shape index (κ2) is 7.39. The van der Waals surface area contributed by atoms with E-state index in [2.05, 4.69) is 37.3 Å². The fourth-order valence-corrected chi connectivity index (χ4v) is 3.75. The van der Waals surface area contributed by atoms with Crippen molar-refractivity contribution in [1.29, 1.82) is 0 Å². The molecule has 0 unspecified atom stereocenters. The summed E-state index contributed by atoms with van der Waals surface area (Å²) in [6.07, 6.45) is 1.34. The van der Waals surface area contributed by atoms with E-state index in [0.29, 0.717) is 29.9 Å². The van der Waals surface area contributed by atoms with Crippen LogP contribution in [0.3, 0.4) is 0 Å². The maximum absolute atomic E-state index is 12.0. The summed E-state index contributed by atoms with van der Waals surface area (Å²) < 4.78 is 1.40. The third-order valence-electron chi connectivity index (χ3n) is 5.22. The molecule has 1 aliphatic rings. The highest BCUT2D eigenvalue weighted by Crippen LogP contribution is 2.32. The van der Waals surface area contributed by atoms with Gasteiger partial charge < -0.3 is 9.80 Å². The average Bonchev–Trinajstić information content (AvgIpc) is 3.23. The van der Waals surface area contributed by atoms with Crippen LogP contribution in [0.1, 0.15) is 0 Å². The first-order chi connectivity index (χ1) is 14.7. The lowest BCUT2D eigenvalue weighted by Crippen LogP contribution is -2.47. The fraction of sp³-hybridized carbons (Fsp3) is 0.200. The van der Waals surface area contributed by atoms with Crippen LogP contribution in [0.4, 0.5) is 17.2 Å². The Morgan fingerprint density at radius 3 is 2.27 bits per heavy atom. The number of hydrogen-bond donors (Lipinski definition) is 0. The largest absolute Gasteiger partial charge is 0.368 e. The van der Waals surface area contributed by atoms with E-state index < -0.39 is 4.92 Å². The first kappa shape index (κ1) is 18.0. The molecule has 0 amide bonds. The highest BCUT2D eigenvalue weighted by atomic mass is 16.6. The molecule has 4 aromatic rings. The van der Waals surface area contributed by atoms with Crippen LogP contribution >= 0.6 is 0 Å². The molecule has 1 aliphatic heterocycles. The van der Waals surface area contributed by atoms with Gasteiger partial charge >= 0.3 is 5.69 Å². The Kier molecular flexibility index (Phi) is 4.43. The van der Waals surface area contributed by atoms with Gasteiger partial charge in [0.25, 0.3) is 0 Å². The van der Waals surface area contributed by atoms with Crippen LogP contribution in [0.15, 0.2) is 60.9 Å². The smallest absolute Gasteiger partial charge is 0.355 e. The van der Waals surface area contributed by atoms with Crippen molar-refractivity contribution in [3.05, 3.63) is 71.0 Å². The van der Waals surface area contributed by atoms with Crippen molar-refractivity contribution in [3.8, 4) is 5.82 Å². The fourth-order valence-electron chi connectivity index (χ4n) is 3.75. The van der Waals surface area contributed by atoms with E-state index in [9.17, 15) is 10.1 Å². The van der Waals surface area contributed by atoms with Gasteiger partial charge in [-0.1, -0.05) is 35.5 Å². The molecular formula is C20H18N8O2. The van der Waals surface area contributed by atoms with E-state index in [1.807, 2.05) is 35.2 Å². The van der Waals surface area contributed by atoms with Gasteiger partial charge in [0.2, 0.25) is 11.6 Å². The Hall–Kier alpha value is -4.08. The monoisotopic (exact) mass is 402 g/mol. The lowest BCUT2D eigenvalue weighted by atomic mass is 10.2. The Morgan fingerprint density at radius 2 is 1.50 bits per heavy atom. The van der Waals surface area contributed by atoms with Crippen molar-refractivity contribution >= 4 is 28.2 Å². The van der Waals surface area contributed by atoms with Gasteiger partial charge in [-0.3, -0.25) is 10.1 Å². The summed E-state index contributed by atoms with van der Waals surface area (Å²) >= 11 is 0. The molecule has 0 aliphatic carbocycles. The van der Waals surface area contributed by atoms with Gasteiger partial charge in [0.1, 0.15) is 11.8 Å². The minimum absolute atomic E-state index is 0.115. The molecule has 10 nitrogen and oxygen atoms in total. The molecular weight excluding hydrogens is 384 g/mol. The molecule has 0 saturated carbocycles. The lowest BCUT2D eigenvalue weighted by molar-refractivity contribution is -0.384. The Bertz CT molecular complexity index is 1200. The van der Waals surface area contributed by atoms with Gasteiger partial charge in [-0.15, -0.1) is 5.10 Å². The zero-order chi connectivity index (χ0) is 20.5. The van der Waals surface area contributed by atoms with Crippen LogP contribution in [-0.4, -0.2) is 56.1 Å². The van der Waals surface area contributed by atoms with Gasteiger partial charge in [0.15, 0.2) is 0 Å². The van der Waals surface area contributed by atoms with Crippen LogP contribution in [0.2, 0.25) is 0 Å². The van der Waals surface area contributed by atoms with Crippen LogP contribution in [0.5, 0.6) is 0 Å². The number of nitrogens with zero attached hydrogens (tertiary/aromatic N) is 8. The molecule has 0 N–H and O–H groups in total. The number of nitro groups is 1. The Morgan fingerprint density at radius 1 is 0.833 bits per heavy atom. The molecule has 3 heterocycles. The van der Waals surface area contributed by atoms with Crippen molar-refractivity contribution in [2.75, 3.05) is 36.0 Å². The number of hydrogen-bond acceptors (Lipinski definition) is 8. The van der Waals surface area contributed by atoms with Gasteiger partial charge in [-0.2, -0.15) is 4.68 Å². The first-order valence-corrected chi connectivity index (χ1v) is 9.57. The maximum Gasteiger partial charge on any atom is 0.355 e. The molecule has 5 rings (SSSR count). The summed E-state index contributed by atoms with van der Waals surface area (Å²) in [5.74, 6) is 0.418. The second-order valence-electron chi connectivity index (χ2n) is 6.93. The van der Waals surface area contributed by atoms with E-state index in [0.717, 1.165) is 18.8 Å². The zero-order valence-corrected chi connectivity index (χ0v) is 16.0. The van der Waals surface area contributed by atoms with Crippen molar-refractivity contribution in [2.24, 2.45) is 0 Å². The number of fused-ring (bicyclic) bond motifs is 1. The van der Waals surface area contributed by atoms with E-state index in [4.69, 9.17) is 0 Å². The highest BCUT2D eigenvalue weighted by Gasteiger charge is 2.31. The Balaban J connectivity index is 1.50. The standard InChI is InChI=1S/C20H18N8O2/c29-28(30)18-19(26-12-10-25(11-13-26)15-6-2-1-3-7-15)21-14-22-20(18)27-17-9-5-4-8-16(17)23-24-27/h1-9,14H,10-13H2. The molecule has 2 aromatic heterocycles. The molecule has 1 saturated heterocycles. The maximum atomic E-state index is 12.0. The third kappa shape index (κ3) is 3.08. The summed E-state index contributed by atoms with van der Waals surface area (Å²) in [6.45, 7) is 2.72. The second-order valence-corrected chi connectivity index (χ2v) is 6.93. The van der Waals surface area contributed by atoms with E-state index in [-0.39, 0.29) is 11.5 Å². The average molecular weight is 402 g/mol. The number of benzene rings is 2. The first-order valence-electron chi connectivity index (χ1n) is 9.57. The topological polar surface area (TPSA) is 106 Å². The molecule has 0 spiro atoms. The number of rotatable bonds is 4. The van der Waals surface area contributed by atoms with Gasteiger partial charge in [-0.05, 0) is 24.3 Å². The number of piperazine rings is 1. The minimum atomic E-state index is -0.440. The SMILES string of the molecule is O=[N+]([O-])c1c(N2CCN(c3ccccc3)CC2)ncnc1-n1nnc2ccccc21.